The molecule has 1 aromatic heterocycles. The second-order valence-electron chi connectivity index (χ2n) is 5.77. The van der Waals surface area contributed by atoms with Crippen LogP contribution in [-0.4, -0.2) is 4.57 Å². The van der Waals surface area contributed by atoms with E-state index in [9.17, 15) is 15.3 Å². The summed E-state index contributed by atoms with van der Waals surface area (Å²) in [6.45, 7) is 2.24. The van der Waals surface area contributed by atoms with Gasteiger partial charge in [0.1, 0.15) is 11.6 Å². The molecule has 1 heterocycles. The van der Waals surface area contributed by atoms with Crippen molar-refractivity contribution in [1.82, 2.24) is 4.57 Å². The largest absolute Gasteiger partial charge is 0.303 e. The molecule has 0 N–H and O–H groups in total. The molecule has 0 aliphatic rings. The van der Waals surface area contributed by atoms with E-state index in [0.717, 1.165) is 22.4 Å². The lowest BCUT2D eigenvalue weighted by Crippen LogP contribution is -2.25. The topological polar surface area (TPSA) is 69.6 Å². The van der Waals surface area contributed by atoms with Gasteiger partial charge in [-0.05, 0) is 36.2 Å². The standard InChI is InChI=1S/C21H15N3O/c1-15-6-8-16(9-7-15)20-11-10-18(13-23)21(25)24(20)14-19-5-3-2-4-17(19)12-22/h2-11H,14H2,1H3. The first kappa shape index (κ1) is 16.2. The van der Waals surface area contributed by atoms with Crippen LogP contribution in [0.15, 0.2) is 65.5 Å². The van der Waals surface area contributed by atoms with Crippen molar-refractivity contribution >= 4 is 0 Å². The van der Waals surface area contributed by atoms with Gasteiger partial charge < -0.3 is 4.57 Å². The molecular formula is C21H15N3O. The molecule has 0 spiro atoms. The molecule has 0 saturated heterocycles. The maximum absolute atomic E-state index is 12.7. The van der Waals surface area contributed by atoms with Crippen LogP contribution >= 0.6 is 0 Å². The fraction of sp³-hybridized carbons (Fsp3) is 0.0952. The molecule has 0 radical (unpaired) electrons. The van der Waals surface area contributed by atoms with Crippen LogP contribution < -0.4 is 5.56 Å². The summed E-state index contributed by atoms with van der Waals surface area (Å²) < 4.78 is 1.55. The van der Waals surface area contributed by atoms with Gasteiger partial charge >= 0.3 is 0 Å². The molecule has 0 amide bonds. The predicted octanol–water partition coefficient (Wildman–Crippen LogP) is 3.62. The molecule has 2 aromatic carbocycles. The Balaban J connectivity index is 2.20. The minimum atomic E-state index is -0.353. The van der Waals surface area contributed by atoms with Gasteiger partial charge in [0.2, 0.25) is 0 Å². The lowest BCUT2D eigenvalue weighted by molar-refractivity contribution is 0.764. The lowest BCUT2D eigenvalue weighted by Gasteiger charge is -2.14. The second-order valence-corrected chi connectivity index (χ2v) is 5.77. The molecular weight excluding hydrogens is 310 g/mol. The van der Waals surface area contributed by atoms with E-state index < -0.39 is 0 Å². The van der Waals surface area contributed by atoms with Crippen LogP contribution in [-0.2, 0) is 6.54 Å². The Labute approximate surface area is 145 Å². The van der Waals surface area contributed by atoms with E-state index in [1.807, 2.05) is 49.4 Å². The van der Waals surface area contributed by atoms with E-state index in [1.165, 1.54) is 0 Å². The Hall–Kier alpha value is -3.63. The van der Waals surface area contributed by atoms with Crippen molar-refractivity contribution in [2.24, 2.45) is 0 Å². The van der Waals surface area contributed by atoms with Gasteiger partial charge in [0, 0.05) is 0 Å². The number of aromatic nitrogens is 1. The van der Waals surface area contributed by atoms with Crippen molar-refractivity contribution in [3.8, 4) is 23.4 Å². The summed E-state index contributed by atoms with van der Waals surface area (Å²) in [4.78, 5) is 12.7. The maximum atomic E-state index is 12.7. The number of nitriles is 2. The molecule has 0 aliphatic heterocycles. The molecule has 0 aliphatic carbocycles. The molecule has 0 fully saturated rings. The Morgan fingerprint density at radius 1 is 0.880 bits per heavy atom. The Kier molecular flexibility index (Phi) is 4.46. The Bertz CT molecular complexity index is 1060. The van der Waals surface area contributed by atoms with E-state index >= 15 is 0 Å². The molecule has 0 atom stereocenters. The summed E-state index contributed by atoms with van der Waals surface area (Å²) in [5.74, 6) is 0. The SMILES string of the molecule is Cc1ccc(-c2ccc(C#N)c(=O)n2Cc2ccccc2C#N)cc1. The number of nitrogens with zero attached hydrogens (tertiary/aromatic N) is 3. The minimum Gasteiger partial charge on any atom is -0.303 e. The molecule has 0 saturated carbocycles. The van der Waals surface area contributed by atoms with Crippen LogP contribution in [0.1, 0.15) is 22.3 Å². The quantitative estimate of drug-likeness (QED) is 0.738. The van der Waals surface area contributed by atoms with E-state index in [-0.39, 0.29) is 17.7 Å². The van der Waals surface area contributed by atoms with Gasteiger partial charge in [-0.3, -0.25) is 4.79 Å². The van der Waals surface area contributed by atoms with Crippen molar-refractivity contribution in [3.63, 3.8) is 0 Å². The number of pyridine rings is 1. The molecule has 3 rings (SSSR count). The van der Waals surface area contributed by atoms with Gasteiger partial charge in [0.25, 0.3) is 5.56 Å². The molecule has 4 heteroatoms. The number of hydrogen-bond acceptors (Lipinski definition) is 3. The maximum Gasteiger partial charge on any atom is 0.269 e. The van der Waals surface area contributed by atoms with Gasteiger partial charge in [-0.1, -0.05) is 48.0 Å². The van der Waals surface area contributed by atoms with Crippen molar-refractivity contribution in [1.29, 1.82) is 10.5 Å². The van der Waals surface area contributed by atoms with Crippen LogP contribution in [0.2, 0.25) is 0 Å². The first-order valence-electron chi connectivity index (χ1n) is 7.83. The number of hydrogen-bond donors (Lipinski definition) is 0. The summed E-state index contributed by atoms with van der Waals surface area (Å²) in [5, 5.41) is 18.5. The van der Waals surface area contributed by atoms with Crippen molar-refractivity contribution < 1.29 is 0 Å². The minimum absolute atomic E-state index is 0.0882. The smallest absolute Gasteiger partial charge is 0.269 e. The van der Waals surface area contributed by atoms with Gasteiger partial charge in [-0.25, -0.2) is 0 Å². The number of aryl methyl sites for hydroxylation is 1. The lowest BCUT2D eigenvalue weighted by atomic mass is 10.1. The van der Waals surface area contributed by atoms with Crippen LogP contribution in [0.3, 0.4) is 0 Å². The van der Waals surface area contributed by atoms with Crippen molar-refractivity contribution in [2.75, 3.05) is 0 Å². The van der Waals surface area contributed by atoms with E-state index in [4.69, 9.17) is 0 Å². The third-order valence-electron chi connectivity index (χ3n) is 4.11. The van der Waals surface area contributed by atoms with E-state index in [1.54, 1.807) is 28.8 Å². The Morgan fingerprint density at radius 3 is 2.24 bits per heavy atom. The summed E-state index contributed by atoms with van der Waals surface area (Å²) in [5.41, 5.74) is 3.74. The van der Waals surface area contributed by atoms with Crippen LogP contribution in [0.4, 0.5) is 0 Å². The molecule has 120 valence electrons. The number of rotatable bonds is 3. The zero-order valence-corrected chi connectivity index (χ0v) is 13.7. The van der Waals surface area contributed by atoms with Gasteiger partial charge in [-0.15, -0.1) is 0 Å². The van der Waals surface area contributed by atoms with Gasteiger partial charge in [0.05, 0.1) is 23.9 Å². The molecule has 0 unspecified atom stereocenters. The molecule has 0 bridgehead atoms. The summed E-state index contributed by atoms with van der Waals surface area (Å²) >= 11 is 0. The van der Waals surface area contributed by atoms with Gasteiger partial charge in [0.15, 0.2) is 0 Å². The summed E-state index contributed by atoms with van der Waals surface area (Å²) in [6, 6.07) is 22.4. The predicted molar refractivity (Wildman–Crippen MR) is 95.8 cm³/mol. The van der Waals surface area contributed by atoms with Crippen molar-refractivity contribution in [2.45, 2.75) is 13.5 Å². The zero-order valence-electron chi connectivity index (χ0n) is 13.7. The molecule has 25 heavy (non-hydrogen) atoms. The molecule has 4 nitrogen and oxygen atoms in total. The fourth-order valence-corrected chi connectivity index (χ4v) is 2.73. The average molecular weight is 325 g/mol. The van der Waals surface area contributed by atoms with E-state index in [0.29, 0.717) is 5.56 Å². The first-order chi connectivity index (χ1) is 12.1. The highest BCUT2D eigenvalue weighted by Gasteiger charge is 2.12. The second kappa shape index (κ2) is 6.86. The summed E-state index contributed by atoms with van der Waals surface area (Å²) in [7, 11) is 0. The third kappa shape index (κ3) is 3.20. The highest BCUT2D eigenvalue weighted by molar-refractivity contribution is 5.61. The molecule has 3 aromatic rings. The third-order valence-corrected chi connectivity index (χ3v) is 4.11. The highest BCUT2D eigenvalue weighted by Crippen LogP contribution is 2.21. The first-order valence-corrected chi connectivity index (χ1v) is 7.83. The van der Waals surface area contributed by atoms with Crippen LogP contribution in [0, 0.1) is 29.6 Å². The Morgan fingerprint density at radius 2 is 1.56 bits per heavy atom. The summed E-state index contributed by atoms with van der Waals surface area (Å²) in [6.07, 6.45) is 0. The van der Waals surface area contributed by atoms with Crippen molar-refractivity contribution in [3.05, 3.63) is 93.3 Å². The van der Waals surface area contributed by atoms with E-state index in [2.05, 4.69) is 6.07 Å². The van der Waals surface area contributed by atoms with Crippen LogP contribution in [0.5, 0.6) is 0 Å². The number of benzene rings is 2. The fourth-order valence-electron chi connectivity index (χ4n) is 2.73. The van der Waals surface area contributed by atoms with Crippen LogP contribution in [0.25, 0.3) is 11.3 Å². The van der Waals surface area contributed by atoms with Gasteiger partial charge in [-0.2, -0.15) is 10.5 Å². The normalized spacial score (nSPS) is 10.0. The zero-order chi connectivity index (χ0) is 17.8. The monoisotopic (exact) mass is 325 g/mol. The highest BCUT2D eigenvalue weighted by atomic mass is 16.1. The average Bonchev–Trinajstić information content (AvgIpc) is 2.64.